The molecule has 0 aromatic carbocycles. The van der Waals surface area contributed by atoms with Gasteiger partial charge in [0.15, 0.2) is 0 Å². The maximum atomic E-state index is 5.50. The number of rotatable bonds is 7. The van der Waals surface area contributed by atoms with Crippen molar-refractivity contribution in [1.82, 2.24) is 34.3 Å². The Bertz CT molecular complexity index is 698. The summed E-state index contributed by atoms with van der Waals surface area (Å²) >= 11 is 0. The van der Waals surface area contributed by atoms with Gasteiger partial charge in [0.1, 0.15) is 0 Å². The van der Waals surface area contributed by atoms with E-state index in [2.05, 4.69) is 160 Å². The second kappa shape index (κ2) is 21.6. The van der Waals surface area contributed by atoms with Crippen molar-refractivity contribution in [2.24, 2.45) is 0 Å². The van der Waals surface area contributed by atoms with Gasteiger partial charge in [-0.3, -0.25) is 9.80 Å². The Morgan fingerprint density at radius 1 is 0.556 bits per heavy atom. The SMILES string of the molecule is CN(C)C1CCN(C(C)(C)C)CC1.CN(C)CCN(C)C(C)(C)C.CN(C)CCOC(C)(C)C.CN1CCN(C(C)(C)C)CC1. The van der Waals surface area contributed by atoms with E-state index in [1.807, 2.05) is 14.1 Å². The van der Waals surface area contributed by atoms with Crippen molar-refractivity contribution in [3.05, 3.63) is 0 Å². The molecular formula is C37H85N7O. The standard InChI is InChI=1S/C11H24N2.C9H20N2.C9H22N2.C8H19NO/c1-11(2,3)13-8-6-10(7-9-13)12(4)5;1-9(2,3)11-7-5-10(4)6-8-11;1-9(2,3)11(6)8-7-10(4)5;1-8(2,3)10-7-6-9(4)5/h10H,6-9H2,1-5H3;5-8H2,1-4H3;7-8H2,1-6H3;6-7H2,1-5H3. The normalized spacial score (nSPS) is 18.4. The van der Waals surface area contributed by atoms with Crippen molar-refractivity contribution in [2.75, 3.05) is 122 Å². The number of piperazine rings is 1. The molecule has 2 saturated heterocycles. The lowest BCUT2D eigenvalue weighted by Crippen LogP contribution is -2.52. The first-order valence-corrected chi connectivity index (χ1v) is 17.7. The first-order chi connectivity index (χ1) is 20.2. The third-order valence-electron chi connectivity index (χ3n) is 8.70. The average Bonchev–Trinajstić information content (AvgIpc) is 2.86. The summed E-state index contributed by atoms with van der Waals surface area (Å²) in [6.07, 6.45) is 2.65. The van der Waals surface area contributed by atoms with E-state index in [9.17, 15) is 0 Å². The van der Waals surface area contributed by atoms with Crippen molar-refractivity contribution in [3.63, 3.8) is 0 Å². The lowest BCUT2D eigenvalue weighted by atomic mass is 9.98. The van der Waals surface area contributed by atoms with Gasteiger partial charge in [-0.25, -0.2) is 0 Å². The summed E-state index contributed by atoms with van der Waals surface area (Å²) < 4.78 is 5.50. The van der Waals surface area contributed by atoms with Gasteiger partial charge in [0, 0.05) is 81.6 Å². The molecule has 8 heteroatoms. The molecule has 2 aliphatic rings. The number of piperidine rings is 1. The minimum atomic E-state index is 0.00993. The van der Waals surface area contributed by atoms with Crippen LogP contribution in [0.2, 0.25) is 0 Å². The van der Waals surface area contributed by atoms with E-state index < -0.39 is 0 Å². The summed E-state index contributed by atoms with van der Waals surface area (Å²) in [6, 6.07) is 0.804. The first kappa shape index (κ1) is 46.8. The lowest BCUT2D eigenvalue weighted by molar-refractivity contribution is -0.00871. The predicted octanol–water partition coefficient (Wildman–Crippen LogP) is 5.48. The van der Waals surface area contributed by atoms with Crippen molar-refractivity contribution in [1.29, 1.82) is 0 Å². The van der Waals surface area contributed by atoms with Crippen molar-refractivity contribution in [3.8, 4) is 0 Å². The fourth-order valence-corrected chi connectivity index (χ4v) is 4.75. The zero-order valence-electron chi connectivity index (χ0n) is 34.6. The zero-order chi connectivity index (χ0) is 35.8. The molecule has 0 aromatic heterocycles. The van der Waals surface area contributed by atoms with Crippen LogP contribution in [0.25, 0.3) is 0 Å². The molecule has 0 saturated carbocycles. The Morgan fingerprint density at radius 3 is 1.27 bits per heavy atom. The molecule has 0 spiro atoms. The van der Waals surface area contributed by atoms with Crippen LogP contribution in [0, 0.1) is 0 Å². The van der Waals surface area contributed by atoms with Gasteiger partial charge in [0.25, 0.3) is 0 Å². The Labute approximate surface area is 284 Å². The predicted molar refractivity (Wildman–Crippen MR) is 202 cm³/mol. The second-order valence-electron chi connectivity index (χ2n) is 18.0. The maximum absolute atomic E-state index is 5.50. The van der Waals surface area contributed by atoms with E-state index in [-0.39, 0.29) is 5.60 Å². The Balaban J connectivity index is 0. The van der Waals surface area contributed by atoms with E-state index >= 15 is 0 Å². The molecule has 0 aromatic rings. The van der Waals surface area contributed by atoms with Gasteiger partial charge in [-0.1, -0.05) is 0 Å². The van der Waals surface area contributed by atoms with E-state index in [1.165, 1.54) is 52.1 Å². The fourth-order valence-electron chi connectivity index (χ4n) is 4.75. The number of hydrogen-bond donors (Lipinski definition) is 0. The number of ether oxygens (including phenoxy) is 1. The van der Waals surface area contributed by atoms with Crippen molar-refractivity contribution in [2.45, 2.75) is 124 Å². The lowest BCUT2D eigenvalue weighted by Gasteiger charge is -2.42. The maximum Gasteiger partial charge on any atom is 0.0600 e. The van der Waals surface area contributed by atoms with Gasteiger partial charge in [-0.2, -0.15) is 0 Å². The molecule has 0 atom stereocenters. The number of nitrogens with zero attached hydrogens (tertiary/aromatic N) is 7. The van der Waals surface area contributed by atoms with Gasteiger partial charge in [0.2, 0.25) is 0 Å². The molecule has 8 nitrogen and oxygen atoms in total. The van der Waals surface area contributed by atoms with E-state index in [1.54, 1.807) is 0 Å². The molecule has 0 aliphatic carbocycles. The van der Waals surface area contributed by atoms with Crippen molar-refractivity contribution >= 4 is 0 Å². The summed E-state index contributed by atoms with van der Waals surface area (Å²) in [7, 11) is 17.1. The first-order valence-electron chi connectivity index (χ1n) is 17.7. The molecule has 0 radical (unpaired) electrons. The monoisotopic (exact) mass is 644 g/mol. The Kier molecular flexibility index (Phi) is 22.5. The van der Waals surface area contributed by atoms with E-state index in [4.69, 9.17) is 4.74 Å². The molecule has 2 fully saturated rings. The summed E-state index contributed by atoms with van der Waals surface area (Å²) in [4.78, 5) is 16.6. The van der Waals surface area contributed by atoms with Crippen LogP contribution in [-0.2, 0) is 4.74 Å². The smallest absolute Gasteiger partial charge is 0.0600 e. The molecule has 0 unspecified atom stereocenters. The highest BCUT2D eigenvalue weighted by Crippen LogP contribution is 2.21. The molecule has 274 valence electrons. The number of hydrogen-bond acceptors (Lipinski definition) is 8. The van der Waals surface area contributed by atoms with Crippen LogP contribution in [0.15, 0.2) is 0 Å². The average molecular weight is 644 g/mol. The van der Waals surface area contributed by atoms with E-state index in [0.29, 0.717) is 16.6 Å². The highest BCUT2D eigenvalue weighted by Gasteiger charge is 2.27. The van der Waals surface area contributed by atoms with Crippen LogP contribution in [0.1, 0.15) is 95.9 Å². The van der Waals surface area contributed by atoms with Crippen LogP contribution in [0.4, 0.5) is 0 Å². The molecule has 2 rings (SSSR count). The molecule has 2 aliphatic heterocycles. The van der Waals surface area contributed by atoms with Gasteiger partial charge < -0.3 is 29.2 Å². The highest BCUT2D eigenvalue weighted by molar-refractivity contribution is 4.84. The summed E-state index contributed by atoms with van der Waals surface area (Å²) in [5.74, 6) is 0. The van der Waals surface area contributed by atoms with Gasteiger partial charge >= 0.3 is 0 Å². The zero-order valence-corrected chi connectivity index (χ0v) is 34.6. The third kappa shape index (κ3) is 26.3. The van der Waals surface area contributed by atoms with Crippen LogP contribution in [0.5, 0.6) is 0 Å². The van der Waals surface area contributed by atoms with E-state index in [0.717, 1.165) is 32.3 Å². The number of likely N-dealkylation sites (N-methyl/N-ethyl adjacent to an activating group) is 4. The molecular weight excluding hydrogens is 558 g/mol. The largest absolute Gasteiger partial charge is 0.375 e. The Hall–Kier alpha value is -0.320. The summed E-state index contributed by atoms with van der Waals surface area (Å²) in [5, 5.41) is 0. The van der Waals surface area contributed by atoms with Crippen LogP contribution < -0.4 is 0 Å². The molecule has 0 N–H and O–H groups in total. The number of likely N-dealkylation sites (tertiary alicyclic amines) is 1. The molecule has 45 heavy (non-hydrogen) atoms. The van der Waals surface area contributed by atoms with Gasteiger partial charge in [-0.05, 0) is 152 Å². The van der Waals surface area contributed by atoms with Gasteiger partial charge in [0.05, 0.1) is 12.2 Å². The van der Waals surface area contributed by atoms with Crippen LogP contribution in [-0.4, -0.2) is 184 Å². The quantitative estimate of drug-likeness (QED) is 0.361. The van der Waals surface area contributed by atoms with Crippen LogP contribution >= 0.6 is 0 Å². The topological polar surface area (TPSA) is 31.9 Å². The minimum Gasteiger partial charge on any atom is -0.375 e. The second-order valence-corrected chi connectivity index (χ2v) is 18.0. The minimum absolute atomic E-state index is 0.00993. The van der Waals surface area contributed by atoms with Gasteiger partial charge in [-0.15, -0.1) is 0 Å². The molecule has 0 bridgehead atoms. The Morgan fingerprint density at radius 2 is 0.956 bits per heavy atom. The fraction of sp³-hybridized carbons (Fsp3) is 1.00. The van der Waals surface area contributed by atoms with Crippen LogP contribution in [0.3, 0.4) is 0 Å². The third-order valence-corrected chi connectivity index (χ3v) is 8.70. The summed E-state index contributed by atoms with van der Waals surface area (Å²) in [6.45, 7) is 38.2. The van der Waals surface area contributed by atoms with Crippen molar-refractivity contribution < 1.29 is 4.74 Å². The molecule has 2 heterocycles. The molecule has 0 amide bonds. The summed E-state index contributed by atoms with van der Waals surface area (Å²) in [5.41, 5.74) is 1.03. The highest BCUT2D eigenvalue weighted by atomic mass is 16.5.